The Labute approximate surface area is 161 Å². The highest BCUT2D eigenvalue weighted by Gasteiger charge is 2.28. The molecular formula is C20H21IN2O2. The van der Waals surface area contributed by atoms with Crippen LogP contribution in [0.4, 0.5) is 5.69 Å². The largest absolute Gasteiger partial charge is 0.342 e. The van der Waals surface area contributed by atoms with Gasteiger partial charge in [0.2, 0.25) is 11.8 Å². The molecule has 1 aliphatic rings. The summed E-state index contributed by atoms with van der Waals surface area (Å²) in [5.74, 6) is -0.0523. The molecule has 2 aromatic carbocycles. The molecule has 0 aliphatic carbocycles. The van der Waals surface area contributed by atoms with Gasteiger partial charge in [-0.15, -0.1) is 0 Å². The number of rotatable bonds is 4. The van der Waals surface area contributed by atoms with E-state index in [2.05, 4.69) is 27.9 Å². The highest BCUT2D eigenvalue weighted by atomic mass is 127. The molecule has 1 N–H and O–H groups in total. The summed E-state index contributed by atoms with van der Waals surface area (Å²) in [6, 6.07) is 17.5. The normalized spacial score (nSPS) is 17.2. The van der Waals surface area contributed by atoms with Crippen LogP contribution in [-0.2, 0) is 16.0 Å². The molecule has 4 nitrogen and oxygen atoms in total. The first-order valence-corrected chi connectivity index (χ1v) is 9.58. The Morgan fingerprint density at radius 3 is 2.68 bits per heavy atom. The molecule has 5 heteroatoms. The minimum atomic E-state index is -0.147. The number of benzene rings is 2. The predicted octanol–water partition coefficient (Wildman–Crippen LogP) is 3.71. The lowest BCUT2D eigenvalue weighted by Gasteiger charge is -2.32. The first kappa shape index (κ1) is 17.9. The summed E-state index contributed by atoms with van der Waals surface area (Å²) in [7, 11) is 0. The third-order valence-corrected chi connectivity index (χ3v) is 5.11. The van der Waals surface area contributed by atoms with Crippen LogP contribution in [-0.4, -0.2) is 29.8 Å². The van der Waals surface area contributed by atoms with Gasteiger partial charge in [0.1, 0.15) is 0 Å². The zero-order chi connectivity index (χ0) is 17.6. The fraction of sp³-hybridized carbons (Fsp3) is 0.300. The van der Waals surface area contributed by atoms with Crippen LogP contribution in [0.25, 0.3) is 0 Å². The summed E-state index contributed by atoms with van der Waals surface area (Å²) in [6.45, 7) is 1.24. The number of piperidine rings is 1. The maximum absolute atomic E-state index is 12.6. The summed E-state index contributed by atoms with van der Waals surface area (Å²) >= 11 is 2.22. The summed E-state index contributed by atoms with van der Waals surface area (Å²) in [5, 5.41) is 2.98. The SMILES string of the molecule is O=C(Nc1cccc(I)c1)C1CCCN(C(=O)Cc2ccccc2)C1. The molecule has 25 heavy (non-hydrogen) atoms. The van der Waals surface area contributed by atoms with E-state index in [1.807, 2.05) is 59.5 Å². The Morgan fingerprint density at radius 2 is 1.92 bits per heavy atom. The van der Waals surface area contributed by atoms with E-state index in [1.165, 1.54) is 0 Å². The van der Waals surface area contributed by atoms with Gasteiger partial charge in [-0.3, -0.25) is 9.59 Å². The number of carbonyl (C=O) groups excluding carboxylic acids is 2. The maximum Gasteiger partial charge on any atom is 0.229 e. The van der Waals surface area contributed by atoms with Gasteiger partial charge in [0.15, 0.2) is 0 Å². The fourth-order valence-corrected chi connectivity index (χ4v) is 3.65. The van der Waals surface area contributed by atoms with Crippen molar-refractivity contribution in [2.24, 2.45) is 5.92 Å². The molecule has 0 bridgehead atoms. The van der Waals surface area contributed by atoms with Crippen molar-refractivity contribution in [3.63, 3.8) is 0 Å². The van der Waals surface area contributed by atoms with Gasteiger partial charge in [0, 0.05) is 22.3 Å². The van der Waals surface area contributed by atoms with Crippen LogP contribution in [0.15, 0.2) is 54.6 Å². The molecule has 1 heterocycles. The molecule has 0 aromatic heterocycles. The highest BCUT2D eigenvalue weighted by molar-refractivity contribution is 14.1. The average Bonchev–Trinajstić information content (AvgIpc) is 2.62. The zero-order valence-corrected chi connectivity index (χ0v) is 16.1. The number of likely N-dealkylation sites (tertiary alicyclic amines) is 1. The molecule has 1 aliphatic heterocycles. The van der Waals surface area contributed by atoms with Crippen molar-refractivity contribution in [3.8, 4) is 0 Å². The van der Waals surface area contributed by atoms with Crippen molar-refractivity contribution in [1.82, 2.24) is 4.90 Å². The predicted molar refractivity (Wildman–Crippen MR) is 107 cm³/mol. The van der Waals surface area contributed by atoms with Crippen LogP contribution in [0.5, 0.6) is 0 Å². The van der Waals surface area contributed by atoms with Crippen molar-refractivity contribution in [2.75, 3.05) is 18.4 Å². The number of halogens is 1. The fourth-order valence-electron chi connectivity index (χ4n) is 3.11. The minimum Gasteiger partial charge on any atom is -0.342 e. The van der Waals surface area contributed by atoms with Gasteiger partial charge < -0.3 is 10.2 Å². The number of carbonyl (C=O) groups is 2. The maximum atomic E-state index is 12.6. The van der Waals surface area contributed by atoms with E-state index >= 15 is 0 Å². The summed E-state index contributed by atoms with van der Waals surface area (Å²) < 4.78 is 1.08. The summed E-state index contributed by atoms with van der Waals surface area (Å²) in [4.78, 5) is 26.9. The number of nitrogens with one attached hydrogen (secondary N) is 1. The lowest BCUT2D eigenvalue weighted by Crippen LogP contribution is -2.44. The van der Waals surface area contributed by atoms with E-state index in [4.69, 9.17) is 0 Å². The molecule has 0 saturated carbocycles. The average molecular weight is 448 g/mol. The van der Waals surface area contributed by atoms with Gasteiger partial charge in [0.05, 0.1) is 12.3 Å². The quantitative estimate of drug-likeness (QED) is 0.726. The molecule has 1 fully saturated rings. The van der Waals surface area contributed by atoms with E-state index in [-0.39, 0.29) is 17.7 Å². The Morgan fingerprint density at radius 1 is 1.12 bits per heavy atom. The Balaban J connectivity index is 1.58. The number of hydrogen-bond acceptors (Lipinski definition) is 2. The monoisotopic (exact) mass is 448 g/mol. The van der Waals surface area contributed by atoms with Crippen molar-refractivity contribution >= 4 is 40.1 Å². The molecule has 130 valence electrons. The van der Waals surface area contributed by atoms with Gasteiger partial charge in [0.25, 0.3) is 0 Å². The number of amides is 2. The van der Waals surface area contributed by atoms with E-state index in [9.17, 15) is 9.59 Å². The van der Waals surface area contributed by atoms with E-state index < -0.39 is 0 Å². The third-order valence-electron chi connectivity index (χ3n) is 4.44. The summed E-state index contributed by atoms with van der Waals surface area (Å²) in [5.41, 5.74) is 1.82. The first-order chi connectivity index (χ1) is 12.1. The molecule has 3 rings (SSSR count). The van der Waals surface area contributed by atoms with Crippen molar-refractivity contribution < 1.29 is 9.59 Å². The van der Waals surface area contributed by atoms with Crippen LogP contribution in [0, 0.1) is 9.49 Å². The molecular weight excluding hydrogens is 427 g/mol. The van der Waals surface area contributed by atoms with Crippen LogP contribution in [0.3, 0.4) is 0 Å². The minimum absolute atomic E-state index is 0.000730. The Kier molecular flexibility index (Phi) is 6.07. The smallest absolute Gasteiger partial charge is 0.229 e. The number of hydrogen-bond donors (Lipinski definition) is 1. The third kappa shape index (κ3) is 5.04. The van der Waals surface area contributed by atoms with Gasteiger partial charge in [-0.25, -0.2) is 0 Å². The molecule has 2 amide bonds. The van der Waals surface area contributed by atoms with Crippen LogP contribution < -0.4 is 5.32 Å². The Hall–Kier alpha value is -1.89. The highest BCUT2D eigenvalue weighted by Crippen LogP contribution is 2.20. The lowest BCUT2D eigenvalue weighted by atomic mass is 9.96. The van der Waals surface area contributed by atoms with Gasteiger partial charge in [-0.05, 0) is 59.2 Å². The van der Waals surface area contributed by atoms with Crippen molar-refractivity contribution in [1.29, 1.82) is 0 Å². The first-order valence-electron chi connectivity index (χ1n) is 8.50. The second kappa shape index (κ2) is 8.47. The topological polar surface area (TPSA) is 49.4 Å². The molecule has 1 atom stereocenters. The second-order valence-corrected chi connectivity index (χ2v) is 7.59. The van der Waals surface area contributed by atoms with E-state index in [0.717, 1.165) is 34.2 Å². The molecule has 2 aromatic rings. The molecule has 0 radical (unpaired) electrons. The molecule has 1 unspecified atom stereocenters. The summed E-state index contributed by atoms with van der Waals surface area (Å²) in [6.07, 6.45) is 2.09. The Bertz CT molecular complexity index is 748. The van der Waals surface area contributed by atoms with Crippen molar-refractivity contribution in [2.45, 2.75) is 19.3 Å². The number of anilines is 1. The van der Waals surface area contributed by atoms with E-state index in [1.54, 1.807) is 0 Å². The van der Waals surface area contributed by atoms with Gasteiger partial charge in [-0.1, -0.05) is 36.4 Å². The van der Waals surface area contributed by atoms with Crippen LogP contribution in [0.2, 0.25) is 0 Å². The lowest BCUT2D eigenvalue weighted by molar-refractivity contribution is -0.133. The second-order valence-electron chi connectivity index (χ2n) is 6.34. The van der Waals surface area contributed by atoms with Gasteiger partial charge in [-0.2, -0.15) is 0 Å². The van der Waals surface area contributed by atoms with Crippen molar-refractivity contribution in [3.05, 3.63) is 63.7 Å². The number of nitrogens with zero attached hydrogens (tertiary/aromatic N) is 1. The van der Waals surface area contributed by atoms with Crippen LogP contribution >= 0.6 is 22.6 Å². The van der Waals surface area contributed by atoms with Gasteiger partial charge >= 0.3 is 0 Å². The van der Waals surface area contributed by atoms with Crippen LogP contribution in [0.1, 0.15) is 18.4 Å². The zero-order valence-electron chi connectivity index (χ0n) is 14.0. The molecule has 1 saturated heterocycles. The molecule has 0 spiro atoms. The standard InChI is InChI=1S/C20H21IN2O2/c21-17-9-4-10-18(13-17)22-20(25)16-8-5-11-23(14-16)19(24)12-15-6-2-1-3-7-15/h1-4,6-7,9-10,13,16H,5,8,11-12,14H2,(H,22,25). The van der Waals surface area contributed by atoms with E-state index in [0.29, 0.717) is 13.0 Å².